The molecule has 0 saturated carbocycles. The van der Waals surface area contributed by atoms with Crippen LogP contribution in [0.4, 0.5) is 0 Å². The molecule has 0 radical (unpaired) electrons. The van der Waals surface area contributed by atoms with Crippen LogP contribution in [0.3, 0.4) is 0 Å². The maximum Gasteiger partial charge on any atom is 0.191 e. The molecule has 0 heterocycles. The molecular formula is C10H10BrClO2. The zero-order valence-electron chi connectivity index (χ0n) is 7.67. The highest BCUT2D eigenvalue weighted by Crippen LogP contribution is 2.17. The Balaban J connectivity index is 2.78. The highest BCUT2D eigenvalue weighted by molar-refractivity contribution is 9.10. The van der Waals surface area contributed by atoms with E-state index in [9.17, 15) is 4.79 Å². The third-order valence-corrected chi connectivity index (χ3v) is 2.26. The summed E-state index contributed by atoms with van der Waals surface area (Å²) in [5, 5.41) is 0. The van der Waals surface area contributed by atoms with Gasteiger partial charge in [0, 0.05) is 5.56 Å². The summed E-state index contributed by atoms with van der Waals surface area (Å²) in [5.41, 5.74) is 0.574. The molecule has 0 N–H and O–H groups in total. The van der Waals surface area contributed by atoms with Crippen molar-refractivity contribution in [1.82, 2.24) is 0 Å². The summed E-state index contributed by atoms with van der Waals surface area (Å²) in [5.74, 6) is 0.611. The van der Waals surface area contributed by atoms with E-state index in [4.69, 9.17) is 16.3 Å². The second kappa shape index (κ2) is 5.37. The molecule has 1 aromatic carbocycles. The van der Waals surface area contributed by atoms with Crippen LogP contribution >= 0.6 is 27.5 Å². The lowest BCUT2D eigenvalue weighted by Crippen LogP contribution is -2.07. The highest BCUT2D eigenvalue weighted by Gasteiger charge is 2.13. The van der Waals surface area contributed by atoms with Gasteiger partial charge in [-0.05, 0) is 31.2 Å². The summed E-state index contributed by atoms with van der Waals surface area (Å²) in [4.78, 5) is 11.4. The number of Topliss-reactive ketones (excluding diaryl/α,β-unsaturated/α-hetero) is 1. The van der Waals surface area contributed by atoms with Crippen molar-refractivity contribution in [2.75, 3.05) is 6.61 Å². The fourth-order valence-electron chi connectivity index (χ4n) is 1.01. The smallest absolute Gasteiger partial charge is 0.191 e. The Labute approximate surface area is 96.3 Å². The third kappa shape index (κ3) is 3.00. The predicted molar refractivity (Wildman–Crippen MR) is 60.5 cm³/mol. The molecule has 0 bridgehead atoms. The van der Waals surface area contributed by atoms with Gasteiger partial charge in [-0.3, -0.25) is 4.79 Å². The lowest BCUT2D eigenvalue weighted by Gasteiger charge is -2.04. The second-order valence-electron chi connectivity index (χ2n) is 2.62. The number of carbonyl (C=O) groups is 1. The molecule has 0 aliphatic rings. The Kier molecular flexibility index (Phi) is 4.42. The van der Waals surface area contributed by atoms with Crippen LogP contribution in [0.15, 0.2) is 24.3 Å². The number of rotatable bonds is 4. The molecular weight excluding hydrogens is 267 g/mol. The van der Waals surface area contributed by atoms with Gasteiger partial charge < -0.3 is 4.74 Å². The van der Waals surface area contributed by atoms with Gasteiger partial charge in [-0.1, -0.05) is 15.9 Å². The quantitative estimate of drug-likeness (QED) is 0.624. The lowest BCUT2D eigenvalue weighted by atomic mass is 10.1. The van der Waals surface area contributed by atoms with Crippen molar-refractivity contribution in [2.45, 2.75) is 11.2 Å². The van der Waals surface area contributed by atoms with Gasteiger partial charge in [-0.25, -0.2) is 0 Å². The molecule has 76 valence electrons. The zero-order valence-corrected chi connectivity index (χ0v) is 10.0. The van der Waals surface area contributed by atoms with Gasteiger partial charge in [0.05, 0.1) is 6.61 Å². The first-order chi connectivity index (χ1) is 6.65. The molecule has 14 heavy (non-hydrogen) atoms. The van der Waals surface area contributed by atoms with Crippen molar-refractivity contribution in [2.24, 2.45) is 0 Å². The van der Waals surface area contributed by atoms with Gasteiger partial charge in [0.25, 0.3) is 0 Å². The molecule has 0 aliphatic heterocycles. The normalized spacial score (nSPS) is 12.2. The van der Waals surface area contributed by atoms with E-state index in [-0.39, 0.29) is 5.78 Å². The van der Waals surface area contributed by atoms with Crippen LogP contribution in [0.25, 0.3) is 0 Å². The first-order valence-electron chi connectivity index (χ1n) is 4.20. The van der Waals surface area contributed by atoms with Crippen LogP contribution in [0.2, 0.25) is 0 Å². The predicted octanol–water partition coefficient (Wildman–Crippen LogP) is 3.23. The summed E-state index contributed by atoms with van der Waals surface area (Å²) in [6.45, 7) is 2.52. The molecule has 1 aromatic rings. The van der Waals surface area contributed by atoms with Gasteiger partial charge in [0.1, 0.15) is 5.75 Å². The van der Waals surface area contributed by atoms with E-state index >= 15 is 0 Å². The van der Waals surface area contributed by atoms with Crippen molar-refractivity contribution in [1.29, 1.82) is 0 Å². The number of halogens is 2. The minimum absolute atomic E-state index is 0.144. The van der Waals surface area contributed by atoms with E-state index in [1.165, 1.54) is 0 Å². The maximum atomic E-state index is 11.4. The Bertz CT molecular complexity index is 308. The van der Waals surface area contributed by atoms with Crippen LogP contribution in [-0.2, 0) is 0 Å². The van der Waals surface area contributed by atoms with E-state index in [2.05, 4.69) is 15.9 Å². The SMILES string of the molecule is CCOc1ccc(C(=O)C(Cl)Br)cc1. The Morgan fingerprint density at radius 3 is 2.50 bits per heavy atom. The topological polar surface area (TPSA) is 26.3 Å². The number of hydrogen-bond acceptors (Lipinski definition) is 2. The van der Waals surface area contributed by atoms with Gasteiger partial charge in [0.15, 0.2) is 10.1 Å². The molecule has 0 amide bonds. The van der Waals surface area contributed by atoms with Crippen LogP contribution in [0.5, 0.6) is 5.75 Å². The average Bonchev–Trinajstić information content (AvgIpc) is 2.18. The third-order valence-electron chi connectivity index (χ3n) is 1.65. The molecule has 1 atom stereocenters. The molecule has 0 fully saturated rings. The largest absolute Gasteiger partial charge is 0.494 e. The summed E-state index contributed by atoms with van der Waals surface area (Å²) in [7, 11) is 0. The molecule has 0 spiro atoms. The Morgan fingerprint density at radius 1 is 1.50 bits per heavy atom. The minimum Gasteiger partial charge on any atom is -0.494 e. The first-order valence-corrected chi connectivity index (χ1v) is 5.55. The second-order valence-corrected chi connectivity index (χ2v) is 4.50. The lowest BCUT2D eigenvalue weighted by molar-refractivity contribution is 0.101. The zero-order chi connectivity index (χ0) is 10.6. The average molecular weight is 278 g/mol. The van der Waals surface area contributed by atoms with Crippen LogP contribution in [-0.4, -0.2) is 16.7 Å². The summed E-state index contributed by atoms with van der Waals surface area (Å²) in [6.07, 6.45) is 0. The van der Waals surface area contributed by atoms with Crippen LogP contribution in [0, 0.1) is 0 Å². The molecule has 0 aromatic heterocycles. The van der Waals surface area contributed by atoms with E-state index in [1.54, 1.807) is 24.3 Å². The van der Waals surface area contributed by atoms with Crippen molar-refractivity contribution in [3.05, 3.63) is 29.8 Å². The number of ketones is 1. The number of carbonyl (C=O) groups excluding carboxylic acids is 1. The van der Waals surface area contributed by atoms with Crippen molar-refractivity contribution >= 4 is 33.3 Å². The summed E-state index contributed by atoms with van der Waals surface area (Å²) < 4.78 is 4.58. The fraction of sp³-hybridized carbons (Fsp3) is 0.300. The standard InChI is InChI=1S/C10H10BrClO2/c1-2-14-8-5-3-7(4-6-8)9(13)10(11)12/h3-6,10H,2H2,1H3. The summed E-state index contributed by atoms with van der Waals surface area (Å²) in [6, 6.07) is 6.90. The van der Waals surface area contributed by atoms with E-state index in [0.717, 1.165) is 5.75 Å². The number of hydrogen-bond donors (Lipinski definition) is 0. The molecule has 0 aliphatic carbocycles. The number of alkyl halides is 2. The molecule has 1 rings (SSSR count). The molecule has 2 nitrogen and oxygen atoms in total. The van der Waals surface area contributed by atoms with Crippen LogP contribution < -0.4 is 4.74 Å². The van der Waals surface area contributed by atoms with Gasteiger partial charge in [-0.2, -0.15) is 0 Å². The maximum absolute atomic E-state index is 11.4. The van der Waals surface area contributed by atoms with Crippen molar-refractivity contribution < 1.29 is 9.53 Å². The van der Waals surface area contributed by atoms with E-state index in [1.807, 2.05) is 6.92 Å². The van der Waals surface area contributed by atoms with Crippen LogP contribution in [0.1, 0.15) is 17.3 Å². The van der Waals surface area contributed by atoms with Gasteiger partial charge in [-0.15, -0.1) is 11.6 Å². The fourth-order valence-corrected chi connectivity index (χ4v) is 1.40. The van der Waals surface area contributed by atoms with Crippen molar-refractivity contribution in [3.8, 4) is 5.75 Å². The summed E-state index contributed by atoms with van der Waals surface area (Å²) >= 11 is 8.61. The highest BCUT2D eigenvalue weighted by atomic mass is 79.9. The number of benzene rings is 1. The van der Waals surface area contributed by atoms with Gasteiger partial charge >= 0.3 is 0 Å². The molecule has 0 saturated heterocycles. The van der Waals surface area contributed by atoms with Crippen molar-refractivity contribution in [3.63, 3.8) is 0 Å². The Morgan fingerprint density at radius 2 is 2.07 bits per heavy atom. The number of ether oxygens (including phenoxy) is 1. The molecule has 1 unspecified atom stereocenters. The molecule has 4 heteroatoms. The first kappa shape index (κ1) is 11.5. The minimum atomic E-state index is -0.666. The van der Waals surface area contributed by atoms with E-state index in [0.29, 0.717) is 12.2 Å². The Hall–Kier alpha value is -0.540. The van der Waals surface area contributed by atoms with Gasteiger partial charge in [0.2, 0.25) is 0 Å². The monoisotopic (exact) mass is 276 g/mol. The van der Waals surface area contributed by atoms with E-state index < -0.39 is 4.29 Å².